The van der Waals surface area contributed by atoms with E-state index in [1.807, 2.05) is 0 Å². The molecule has 1 aliphatic rings. The quantitative estimate of drug-likeness (QED) is 0.434. The molecule has 1 rings (SSSR count). The van der Waals surface area contributed by atoms with Gasteiger partial charge in [-0.3, -0.25) is 0 Å². The van der Waals surface area contributed by atoms with Crippen LogP contribution in [0.4, 0.5) is 0 Å². The Morgan fingerprint density at radius 3 is 3.00 bits per heavy atom. The summed E-state index contributed by atoms with van der Waals surface area (Å²) in [7, 11) is 0. The van der Waals surface area contributed by atoms with E-state index in [4.69, 9.17) is 5.11 Å². The Labute approximate surface area is 35.2 Å². The molecule has 2 N–H and O–H groups in total. The van der Waals surface area contributed by atoms with Crippen LogP contribution in [0.5, 0.6) is 0 Å². The van der Waals surface area contributed by atoms with E-state index in [0.717, 1.165) is 0 Å². The second-order valence-corrected chi connectivity index (χ2v) is 0.993. The summed E-state index contributed by atoms with van der Waals surface area (Å²) in [6.07, 6.45) is 1.54. The van der Waals surface area contributed by atoms with Crippen molar-refractivity contribution in [3.05, 3.63) is 12.0 Å². The van der Waals surface area contributed by atoms with Crippen LogP contribution in [0.1, 0.15) is 0 Å². The van der Waals surface area contributed by atoms with E-state index >= 15 is 0 Å². The summed E-state index contributed by atoms with van der Waals surface area (Å²) in [4.78, 5) is 4.32. The first-order valence-corrected chi connectivity index (χ1v) is 1.68. The third kappa shape index (κ3) is 0.440. The molecule has 0 spiro atoms. The normalized spacial score (nSPS) is 19.7. The maximum absolute atomic E-state index is 8.31. The summed E-state index contributed by atoms with van der Waals surface area (Å²) in [5.41, 5.74) is 2.43. The minimum atomic E-state index is -0.0324. The summed E-state index contributed by atoms with van der Waals surface area (Å²) < 4.78 is 0. The molecule has 1 aliphatic heterocycles. The molecule has 3 nitrogen and oxygen atoms in total. The summed E-state index contributed by atoms with van der Waals surface area (Å²) in [6, 6.07) is 0. The lowest BCUT2D eigenvalue weighted by Crippen LogP contribution is -2.04. The average Bonchev–Trinajstić information content (AvgIpc) is 1.86. The van der Waals surface area contributed by atoms with Gasteiger partial charge in [-0.05, 0) is 0 Å². The molecule has 0 radical (unpaired) electrons. The van der Waals surface area contributed by atoms with Crippen molar-refractivity contribution in [3.8, 4) is 0 Å². The monoisotopic (exact) mass is 87.0 g/mol. The third-order valence-electron chi connectivity index (χ3n) is 0.537. The zero-order chi connectivity index (χ0) is 4.41. The molecule has 0 bridgehead atoms. The van der Waals surface area contributed by atoms with Gasteiger partial charge in [-0.2, -0.15) is 0 Å². The molecule has 3 heteroatoms. The minimum Gasteiger partial charge on any atom is -0.480 e. The minimum absolute atomic E-state index is 0.0324. The first-order chi connectivity index (χ1) is 2.89. The molecular weight excluding hydrogens is 82.0 g/mol. The molecule has 0 aliphatic carbocycles. The Bertz CT molecular complexity index is 78.9. The number of hydrogen-bond donors (Lipinski definition) is 2. The summed E-state index contributed by atoms with van der Waals surface area (Å²) >= 11 is 0. The van der Waals surface area contributed by atoms with Crippen LogP contribution in [-0.2, 0) is 4.84 Å². The van der Waals surface area contributed by atoms with Crippen LogP contribution < -0.4 is 5.48 Å². The fraction of sp³-hybridized carbons (Fsp3) is 0.333. The first-order valence-electron chi connectivity index (χ1n) is 1.68. The lowest BCUT2D eigenvalue weighted by atomic mass is 10.6. The molecule has 0 fully saturated rings. The average molecular weight is 87.1 g/mol. The van der Waals surface area contributed by atoms with E-state index in [9.17, 15) is 0 Å². The zero-order valence-corrected chi connectivity index (χ0v) is 3.14. The van der Waals surface area contributed by atoms with Crippen LogP contribution in [0.25, 0.3) is 0 Å². The molecule has 0 aromatic heterocycles. The van der Waals surface area contributed by atoms with Crippen molar-refractivity contribution in [1.29, 1.82) is 0 Å². The number of aliphatic hydroxyl groups is 1. The SMILES string of the molecule is OC1=CCNO1. The van der Waals surface area contributed by atoms with Crippen molar-refractivity contribution >= 4 is 0 Å². The van der Waals surface area contributed by atoms with E-state index < -0.39 is 0 Å². The van der Waals surface area contributed by atoms with Gasteiger partial charge < -0.3 is 9.94 Å². The van der Waals surface area contributed by atoms with Gasteiger partial charge >= 0.3 is 0 Å². The lowest BCUT2D eigenvalue weighted by Gasteiger charge is -1.88. The molecule has 0 saturated heterocycles. The Morgan fingerprint density at radius 2 is 2.83 bits per heavy atom. The molecule has 0 unspecified atom stereocenters. The van der Waals surface area contributed by atoms with E-state index in [0.29, 0.717) is 6.54 Å². The number of rotatable bonds is 0. The fourth-order valence-electron chi connectivity index (χ4n) is 0.286. The molecule has 0 atom stereocenters. The van der Waals surface area contributed by atoms with Crippen LogP contribution in [0, 0.1) is 0 Å². The molecule has 0 aromatic rings. The highest BCUT2D eigenvalue weighted by Gasteiger charge is 1.97. The molecular formula is C3H5NO2. The van der Waals surface area contributed by atoms with E-state index in [2.05, 4.69) is 10.3 Å². The third-order valence-corrected chi connectivity index (χ3v) is 0.537. The molecule has 0 amide bonds. The van der Waals surface area contributed by atoms with Crippen LogP contribution in [0.15, 0.2) is 12.0 Å². The van der Waals surface area contributed by atoms with Crippen molar-refractivity contribution in [2.75, 3.05) is 6.54 Å². The predicted octanol–water partition coefficient (Wildman–Crippen LogP) is -0.0794. The van der Waals surface area contributed by atoms with Gasteiger partial charge in [-0.15, -0.1) is 5.48 Å². The van der Waals surface area contributed by atoms with Crippen LogP contribution in [0.3, 0.4) is 0 Å². The maximum atomic E-state index is 8.31. The number of hydroxylamine groups is 1. The smallest absolute Gasteiger partial charge is 0.294 e. The van der Waals surface area contributed by atoms with E-state index in [-0.39, 0.29) is 5.95 Å². The highest BCUT2D eigenvalue weighted by atomic mass is 16.7. The molecule has 1 heterocycles. The fourth-order valence-corrected chi connectivity index (χ4v) is 0.286. The Morgan fingerprint density at radius 1 is 2.00 bits per heavy atom. The van der Waals surface area contributed by atoms with Gasteiger partial charge in [0, 0.05) is 6.08 Å². The first kappa shape index (κ1) is 3.49. The second kappa shape index (κ2) is 1.18. The largest absolute Gasteiger partial charge is 0.480 e. The van der Waals surface area contributed by atoms with Crippen molar-refractivity contribution in [2.24, 2.45) is 0 Å². The van der Waals surface area contributed by atoms with Gasteiger partial charge in [0.05, 0.1) is 6.54 Å². The Balaban J connectivity index is 2.45. The molecule has 0 saturated carbocycles. The van der Waals surface area contributed by atoms with Crippen molar-refractivity contribution in [1.82, 2.24) is 5.48 Å². The molecule has 6 heavy (non-hydrogen) atoms. The van der Waals surface area contributed by atoms with Gasteiger partial charge in [0.25, 0.3) is 5.95 Å². The van der Waals surface area contributed by atoms with Gasteiger partial charge in [-0.1, -0.05) is 0 Å². The Kier molecular flexibility index (Phi) is 0.686. The van der Waals surface area contributed by atoms with Crippen LogP contribution in [0.2, 0.25) is 0 Å². The molecule has 34 valence electrons. The standard InChI is InChI=1S/C3H5NO2/c5-3-1-2-4-6-3/h1,4-5H,2H2. The highest BCUT2D eigenvalue weighted by molar-refractivity contribution is 4.86. The number of nitrogens with one attached hydrogen (secondary N) is 1. The second-order valence-electron chi connectivity index (χ2n) is 0.993. The van der Waals surface area contributed by atoms with Gasteiger partial charge in [0.1, 0.15) is 0 Å². The topological polar surface area (TPSA) is 41.5 Å². The van der Waals surface area contributed by atoms with E-state index in [1.165, 1.54) is 0 Å². The number of aliphatic hydroxyl groups excluding tert-OH is 1. The van der Waals surface area contributed by atoms with Crippen molar-refractivity contribution in [3.63, 3.8) is 0 Å². The summed E-state index contributed by atoms with van der Waals surface area (Å²) in [6.45, 7) is 0.603. The van der Waals surface area contributed by atoms with Gasteiger partial charge in [0.15, 0.2) is 0 Å². The highest BCUT2D eigenvalue weighted by Crippen LogP contribution is 1.91. The van der Waals surface area contributed by atoms with Crippen LogP contribution >= 0.6 is 0 Å². The lowest BCUT2D eigenvalue weighted by molar-refractivity contribution is 0.0504. The Hall–Kier alpha value is -0.700. The maximum Gasteiger partial charge on any atom is 0.294 e. The zero-order valence-electron chi connectivity index (χ0n) is 3.14. The number of hydrogen-bond acceptors (Lipinski definition) is 3. The van der Waals surface area contributed by atoms with Gasteiger partial charge in [0.2, 0.25) is 0 Å². The summed E-state index contributed by atoms with van der Waals surface area (Å²) in [5, 5.41) is 8.31. The van der Waals surface area contributed by atoms with Gasteiger partial charge in [-0.25, -0.2) is 0 Å². The van der Waals surface area contributed by atoms with Crippen LogP contribution in [-0.4, -0.2) is 11.7 Å². The van der Waals surface area contributed by atoms with E-state index in [1.54, 1.807) is 6.08 Å². The molecule has 0 aromatic carbocycles. The predicted molar refractivity (Wildman–Crippen MR) is 19.8 cm³/mol. The van der Waals surface area contributed by atoms with Crippen molar-refractivity contribution in [2.45, 2.75) is 0 Å². The van der Waals surface area contributed by atoms with Crippen molar-refractivity contribution < 1.29 is 9.94 Å². The summed E-state index contributed by atoms with van der Waals surface area (Å²) in [5.74, 6) is -0.0324.